The van der Waals surface area contributed by atoms with Gasteiger partial charge in [0.25, 0.3) is 0 Å². The number of rotatable bonds is 1. The number of aryl methyl sites for hydroxylation is 2. The van der Waals surface area contributed by atoms with Crippen molar-refractivity contribution in [3.05, 3.63) is 65.6 Å². The van der Waals surface area contributed by atoms with Crippen LogP contribution in [0.15, 0.2) is 53.1 Å². The van der Waals surface area contributed by atoms with Crippen LogP contribution in [0.2, 0.25) is 0 Å². The lowest BCUT2D eigenvalue weighted by atomic mass is 9.86. The lowest BCUT2D eigenvalue weighted by molar-refractivity contribution is -0.660. The van der Waals surface area contributed by atoms with E-state index in [1.54, 1.807) is 6.07 Å². The van der Waals surface area contributed by atoms with Crippen molar-refractivity contribution in [3.8, 4) is 11.3 Å². The fourth-order valence-electron chi connectivity index (χ4n) is 3.52. The molecular weight excluding hydrogens is 325 g/mol. The Morgan fingerprint density at radius 2 is 1.69 bits per heavy atom. The van der Waals surface area contributed by atoms with Crippen molar-refractivity contribution in [1.82, 2.24) is 0 Å². The number of hydrogen-bond donors (Lipinski definition) is 0. The fraction of sp³-hybridized carbons (Fsp3) is 0.261. The average Bonchev–Trinajstić information content (AvgIpc) is 2.92. The van der Waals surface area contributed by atoms with Crippen molar-refractivity contribution < 1.29 is 13.4 Å². The average molecular weight is 348 g/mol. The lowest BCUT2D eigenvalue weighted by Gasteiger charge is -2.19. The predicted molar refractivity (Wildman–Crippen MR) is 104 cm³/mol. The molecule has 0 N–H and O–H groups in total. The molecule has 132 valence electrons. The number of benzene rings is 2. The molecule has 0 atom stereocenters. The molecule has 0 bridgehead atoms. The highest BCUT2D eigenvalue weighted by atomic mass is 19.1. The summed E-state index contributed by atoms with van der Waals surface area (Å²) in [6, 6.07) is 13.3. The molecule has 0 radical (unpaired) electrons. The first-order valence-corrected chi connectivity index (χ1v) is 8.87. The standard InChI is InChI=1S/C23H23FNO/c1-14-6-8-18-17-9-7-16(24)13-20(17)26-22(18)21(14)19-12-15(23(2,3)4)10-11-25(19)5/h6-13H,1-5H3/q+1. The molecule has 0 aliphatic heterocycles. The Balaban J connectivity index is 2.09. The quantitative estimate of drug-likeness (QED) is 0.396. The molecule has 0 amide bonds. The van der Waals surface area contributed by atoms with Gasteiger partial charge in [-0.1, -0.05) is 32.9 Å². The van der Waals surface area contributed by atoms with Gasteiger partial charge in [0, 0.05) is 29.0 Å². The van der Waals surface area contributed by atoms with Crippen LogP contribution in [-0.4, -0.2) is 0 Å². The van der Waals surface area contributed by atoms with Crippen molar-refractivity contribution in [2.24, 2.45) is 7.05 Å². The van der Waals surface area contributed by atoms with E-state index < -0.39 is 0 Å². The Bertz CT molecular complexity index is 1150. The van der Waals surface area contributed by atoms with E-state index in [1.807, 2.05) is 7.05 Å². The molecule has 0 aliphatic rings. The summed E-state index contributed by atoms with van der Waals surface area (Å²) in [6.07, 6.45) is 2.09. The second-order valence-electron chi connectivity index (χ2n) is 8.04. The molecule has 0 spiro atoms. The van der Waals surface area contributed by atoms with E-state index in [1.165, 1.54) is 17.7 Å². The molecule has 2 heterocycles. The van der Waals surface area contributed by atoms with Gasteiger partial charge in [-0.25, -0.2) is 8.96 Å². The third kappa shape index (κ3) is 2.59. The molecule has 3 heteroatoms. The largest absolute Gasteiger partial charge is 0.455 e. The summed E-state index contributed by atoms with van der Waals surface area (Å²) in [5.41, 5.74) is 6.02. The number of furan rings is 1. The molecule has 2 aromatic carbocycles. The third-order valence-corrected chi connectivity index (χ3v) is 5.08. The molecule has 4 rings (SSSR count). The monoisotopic (exact) mass is 348 g/mol. The van der Waals surface area contributed by atoms with Gasteiger partial charge in [0.15, 0.2) is 6.20 Å². The van der Waals surface area contributed by atoms with Gasteiger partial charge < -0.3 is 4.42 Å². The van der Waals surface area contributed by atoms with Gasteiger partial charge in [-0.3, -0.25) is 0 Å². The minimum absolute atomic E-state index is 0.0574. The van der Waals surface area contributed by atoms with Crippen molar-refractivity contribution in [1.29, 1.82) is 0 Å². The van der Waals surface area contributed by atoms with Gasteiger partial charge in [0.1, 0.15) is 24.0 Å². The van der Waals surface area contributed by atoms with E-state index in [0.29, 0.717) is 5.58 Å². The van der Waals surface area contributed by atoms with Crippen LogP contribution in [0, 0.1) is 12.7 Å². The number of hydrogen-bond acceptors (Lipinski definition) is 1. The van der Waals surface area contributed by atoms with E-state index in [4.69, 9.17) is 4.42 Å². The summed E-state index contributed by atoms with van der Waals surface area (Å²) in [6.45, 7) is 8.73. The van der Waals surface area contributed by atoms with Gasteiger partial charge in [0.05, 0.1) is 5.56 Å². The maximum atomic E-state index is 13.7. The van der Waals surface area contributed by atoms with Crippen LogP contribution in [0.1, 0.15) is 31.9 Å². The lowest BCUT2D eigenvalue weighted by Crippen LogP contribution is -2.32. The van der Waals surface area contributed by atoms with E-state index in [0.717, 1.165) is 33.2 Å². The summed E-state index contributed by atoms with van der Waals surface area (Å²) in [5, 5.41) is 1.96. The Labute approximate surface area is 152 Å². The number of pyridine rings is 1. The summed E-state index contributed by atoms with van der Waals surface area (Å²) in [5.74, 6) is -0.282. The summed E-state index contributed by atoms with van der Waals surface area (Å²) < 4.78 is 21.9. The Morgan fingerprint density at radius 3 is 2.42 bits per heavy atom. The molecular formula is C23H23FNO+. The highest BCUT2D eigenvalue weighted by Crippen LogP contribution is 2.37. The Kier molecular flexibility index (Phi) is 3.65. The molecule has 0 unspecified atom stereocenters. The molecule has 0 fully saturated rings. The zero-order valence-electron chi connectivity index (χ0n) is 15.9. The Morgan fingerprint density at radius 1 is 0.962 bits per heavy atom. The van der Waals surface area contributed by atoms with Gasteiger partial charge >= 0.3 is 0 Å². The Hall–Kier alpha value is -2.68. The van der Waals surface area contributed by atoms with Crippen molar-refractivity contribution >= 4 is 21.9 Å². The second kappa shape index (κ2) is 5.66. The van der Waals surface area contributed by atoms with Crippen molar-refractivity contribution in [2.75, 3.05) is 0 Å². The minimum atomic E-state index is -0.282. The van der Waals surface area contributed by atoms with Crippen LogP contribution in [0.3, 0.4) is 0 Å². The van der Waals surface area contributed by atoms with Gasteiger partial charge in [-0.2, -0.15) is 0 Å². The van der Waals surface area contributed by atoms with Gasteiger partial charge in [-0.15, -0.1) is 0 Å². The number of halogens is 1. The second-order valence-corrected chi connectivity index (χ2v) is 8.04. The van der Waals surface area contributed by atoms with E-state index in [-0.39, 0.29) is 11.2 Å². The summed E-state index contributed by atoms with van der Waals surface area (Å²) >= 11 is 0. The van der Waals surface area contributed by atoms with Crippen LogP contribution in [-0.2, 0) is 12.5 Å². The number of aromatic nitrogens is 1. The summed E-state index contributed by atoms with van der Waals surface area (Å²) in [4.78, 5) is 0. The number of nitrogens with zero attached hydrogens (tertiary/aromatic N) is 1. The third-order valence-electron chi connectivity index (χ3n) is 5.08. The van der Waals surface area contributed by atoms with E-state index >= 15 is 0 Å². The minimum Gasteiger partial charge on any atom is -0.455 e. The van der Waals surface area contributed by atoms with Crippen LogP contribution >= 0.6 is 0 Å². The zero-order chi connectivity index (χ0) is 18.6. The smallest absolute Gasteiger partial charge is 0.216 e. The fourth-order valence-corrected chi connectivity index (χ4v) is 3.52. The highest BCUT2D eigenvalue weighted by Gasteiger charge is 2.23. The molecule has 0 aliphatic carbocycles. The topological polar surface area (TPSA) is 17.0 Å². The van der Waals surface area contributed by atoms with Crippen LogP contribution < -0.4 is 4.57 Å². The molecule has 0 saturated heterocycles. The molecule has 26 heavy (non-hydrogen) atoms. The van der Waals surface area contributed by atoms with Gasteiger partial charge in [-0.05, 0) is 35.6 Å². The van der Waals surface area contributed by atoms with Crippen LogP contribution in [0.25, 0.3) is 33.2 Å². The molecule has 2 nitrogen and oxygen atoms in total. The first-order valence-electron chi connectivity index (χ1n) is 8.87. The maximum absolute atomic E-state index is 13.7. The van der Waals surface area contributed by atoms with Crippen molar-refractivity contribution in [3.63, 3.8) is 0 Å². The maximum Gasteiger partial charge on any atom is 0.216 e. The molecule has 0 saturated carbocycles. The number of fused-ring (bicyclic) bond motifs is 3. The first kappa shape index (κ1) is 16.8. The summed E-state index contributed by atoms with van der Waals surface area (Å²) in [7, 11) is 2.04. The predicted octanol–water partition coefficient (Wildman–Crippen LogP) is 5.82. The first-order chi connectivity index (χ1) is 12.3. The SMILES string of the molecule is Cc1ccc2c(oc3cc(F)ccc32)c1-c1cc(C(C)(C)C)cc[n+]1C. The zero-order valence-corrected chi connectivity index (χ0v) is 15.9. The van der Waals surface area contributed by atoms with E-state index in [2.05, 4.69) is 62.7 Å². The molecule has 2 aromatic heterocycles. The van der Waals surface area contributed by atoms with Crippen molar-refractivity contribution in [2.45, 2.75) is 33.1 Å². The van der Waals surface area contributed by atoms with E-state index in [9.17, 15) is 4.39 Å². The molecule has 4 aromatic rings. The van der Waals surface area contributed by atoms with Crippen LogP contribution in [0.5, 0.6) is 0 Å². The highest BCUT2D eigenvalue weighted by molar-refractivity contribution is 6.09. The van der Waals surface area contributed by atoms with Crippen LogP contribution in [0.4, 0.5) is 4.39 Å². The van der Waals surface area contributed by atoms with Gasteiger partial charge in [0.2, 0.25) is 5.69 Å². The normalized spacial score (nSPS) is 12.2.